The fraction of sp³-hybridized carbons (Fsp3) is 0.500. The molecule has 1 heterocycles. The molecule has 0 bridgehead atoms. The maximum absolute atomic E-state index is 12.6. The second-order valence-corrected chi connectivity index (χ2v) is 5.05. The molecule has 5 nitrogen and oxygen atoms in total. The van der Waals surface area contributed by atoms with Crippen LogP contribution < -0.4 is 0 Å². The Morgan fingerprint density at radius 2 is 1.95 bits per heavy atom. The van der Waals surface area contributed by atoms with Crippen LogP contribution in [-0.4, -0.2) is 54.0 Å². The van der Waals surface area contributed by atoms with Crippen molar-refractivity contribution in [1.82, 2.24) is 9.80 Å². The topological polar surface area (TPSA) is 49.9 Å². The molecule has 0 unspecified atom stereocenters. The van der Waals surface area contributed by atoms with Crippen LogP contribution in [0.3, 0.4) is 0 Å². The van der Waals surface area contributed by atoms with E-state index in [2.05, 4.69) is 0 Å². The molecule has 0 aliphatic carbocycles. The summed E-state index contributed by atoms with van der Waals surface area (Å²) in [6.45, 7) is 5.92. The van der Waals surface area contributed by atoms with Crippen LogP contribution >= 0.6 is 0 Å². The second kappa shape index (κ2) is 7.22. The molecule has 0 aromatic heterocycles. The van der Waals surface area contributed by atoms with Crippen LogP contribution in [0.1, 0.15) is 19.4 Å². The van der Waals surface area contributed by atoms with Gasteiger partial charge in [-0.15, -0.1) is 0 Å². The van der Waals surface area contributed by atoms with E-state index in [-0.39, 0.29) is 25.0 Å². The highest BCUT2D eigenvalue weighted by atomic mass is 16.5. The summed E-state index contributed by atoms with van der Waals surface area (Å²) < 4.78 is 5.28. The molecule has 1 aromatic carbocycles. The van der Waals surface area contributed by atoms with Gasteiger partial charge in [0.2, 0.25) is 11.8 Å². The van der Waals surface area contributed by atoms with Gasteiger partial charge >= 0.3 is 0 Å². The molecule has 1 aliphatic rings. The smallest absolute Gasteiger partial charge is 0.249 e. The first-order chi connectivity index (χ1) is 10.2. The van der Waals surface area contributed by atoms with Crippen LogP contribution in [0.5, 0.6) is 0 Å². The first-order valence-corrected chi connectivity index (χ1v) is 7.37. The summed E-state index contributed by atoms with van der Waals surface area (Å²) >= 11 is 0. The maximum Gasteiger partial charge on any atom is 0.249 e. The molecule has 1 atom stereocenters. The highest BCUT2D eigenvalue weighted by molar-refractivity contribution is 5.89. The van der Waals surface area contributed by atoms with Gasteiger partial charge in [-0.25, -0.2) is 0 Å². The number of carbonyl (C=O) groups is 2. The van der Waals surface area contributed by atoms with Crippen LogP contribution in [0.15, 0.2) is 30.3 Å². The van der Waals surface area contributed by atoms with E-state index in [0.29, 0.717) is 19.6 Å². The van der Waals surface area contributed by atoms with Crippen molar-refractivity contribution in [2.45, 2.75) is 26.4 Å². The zero-order chi connectivity index (χ0) is 15.2. The van der Waals surface area contributed by atoms with Crippen LogP contribution in [-0.2, 0) is 20.9 Å². The van der Waals surface area contributed by atoms with Gasteiger partial charge in [0, 0.05) is 19.6 Å². The lowest BCUT2D eigenvalue weighted by Gasteiger charge is -2.37. The van der Waals surface area contributed by atoms with Crippen molar-refractivity contribution in [3.63, 3.8) is 0 Å². The minimum atomic E-state index is -0.522. The van der Waals surface area contributed by atoms with Gasteiger partial charge in [-0.3, -0.25) is 9.59 Å². The fourth-order valence-electron chi connectivity index (χ4n) is 2.53. The summed E-state index contributed by atoms with van der Waals surface area (Å²) in [7, 11) is 0. The van der Waals surface area contributed by atoms with Crippen molar-refractivity contribution in [2.24, 2.45) is 0 Å². The summed E-state index contributed by atoms with van der Waals surface area (Å²) in [5.41, 5.74) is 1.02. The third-order valence-corrected chi connectivity index (χ3v) is 3.75. The number of amides is 2. The summed E-state index contributed by atoms with van der Waals surface area (Å²) in [4.78, 5) is 28.1. The molecule has 1 aromatic rings. The van der Waals surface area contributed by atoms with E-state index in [1.807, 2.05) is 44.2 Å². The zero-order valence-electron chi connectivity index (χ0n) is 12.6. The maximum atomic E-state index is 12.6. The summed E-state index contributed by atoms with van der Waals surface area (Å²) in [5, 5.41) is 0. The lowest BCUT2D eigenvalue weighted by Crippen LogP contribution is -2.56. The molecule has 0 spiro atoms. The molecule has 1 aliphatic heterocycles. The Balaban J connectivity index is 2.17. The number of ether oxygens (including phenoxy) is 1. The number of hydrogen-bond donors (Lipinski definition) is 0. The molecule has 0 N–H and O–H groups in total. The van der Waals surface area contributed by atoms with E-state index in [1.54, 1.807) is 9.80 Å². The zero-order valence-corrected chi connectivity index (χ0v) is 12.6. The van der Waals surface area contributed by atoms with E-state index in [0.717, 1.165) is 5.56 Å². The normalized spacial score (nSPS) is 18.7. The number of carbonyl (C=O) groups excluding carboxylic acids is 2. The molecular weight excluding hydrogens is 268 g/mol. The third-order valence-electron chi connectivity index (χ3n) is 3.75. The molecular formula is C16H22N2O3. The number of morpholine rings is 1. The highest BCUT2D eigenvalue weighted by Gasteiger charge is 2.35. The van der Waals surface area contributed by atoms with Crippen molar-refractivity contribution in [3.05, 3.63) is 35.9 Å². The minimum absolute atomic E-state index is 0.0380. The second-order valence-electron chi connectivity index (χ2n) is 5.05. The monoisotopic (exact) mass is 290 g/mol. The van der Waals surface area contributed by atoms with Gasteiger partial charge in [0.1, 0.15) is 12.6 Å². The van der Waals surface area contributed by atoms with Crippen molar-refractivity contribution in [2.75, 3.05) is 26.3 Å². The summed E-state index contributed by atoms with van der Waals surface area (Å²) in [6.07, 6.45) is 0. The van der Waals surface area contributed by atoms with Crippen LogP contribution in [0.25, 0.3) is 0 Å². The number of rotatable bonds is 5. The van der Waals surface area contributed by atoms with Gasteiger partial charge < -0.3 is 14.5 Å². The predicted octanol–water partition coefficient (Wildman–Crippen LogP) is 1.28. The molecule has 114 valence electrons. The number of hydrogen-bond acceptors (Lipinski definition) is 3. The van der Waals surface area contributed by atoms with Gasteiger partial charge in [0.15, 0.2) is 0 Å². The van der Waals surface area contributed by atoms with Crippen molar-refractivity contribution < 1.29 is 14.3 Å². The van der Waals surface area contributed by atoms with E-state index < -0.39 is 6.04 Å². The van der Waals surface area contributed by atoms with Crippen LogP contribution in [0, 0.1) is 0 Å². The van der Waals surface area contributed by atoms with Gasteiger partial charge in [-0.1, -0.05) is 30.3 Å². The van der Waals surface area contributed by atoms with Gasteiger partial charge in [-0.05, 0) is 19.4 Å². The number of benzene rings is 1. The molecule has 2 rings (SSSR count). The first-order valence-electron chi connectivity index (χ1n) is 7.37. The van der Waals surface area contributed by atoms with E-state index in [1.165, 1.54) is 0 Å². The molecule has 2 amide bonds. The average molecular weight is 290 g/mol. The Bertz CT molecular complexity index is 486. The van der Waals surface area contributed by atoms with Crippen LogP contribution in [0.4, 0.5) is 0 Å². The van der Waals surface area contributed by atoms with Gasteiger partial charge in [0.05, 0.1) is 6.61 Å². The SMILES string of the molecule is CCN(CC)C(=O)[C@@H]1COCC(=O)N1Cc1ccccc1. The molecule has 21 heavy (non-hydrogen) atoms. The Morgan fingerprint density at radius 3 is 2.57 bits per heavy atom. The van der Waals surface area contributed by atoms with E-state index in [4.69, 9.17) is 4.74 Å². The fourth-order valence-corrected chi connectivity index (χ4v) is 2.53. The Labute approximate surface area is 125 Å². The van der Waals surface area contributed by atoms with Crippen LogP contribution in [0.2, 0.25) is 0 Å². The standard InChI is InChI=1S/C16H22N2O3/c1-3-17(4-2)16(20)14-11-21-12-15(19)18(14)10-13-8-6-5-7-9-13/h5-9,14H,3-4,10-12H2,1-2H3/t14-/m0/s1. The lowest BCUT2D eigenvalue weighted by molar-refractivity contribution is -0.159. The third kappa shape index (κ3) is 3.61. The quantitative estimate of drug-likeness (QED) is 0.821. The largest absolute Gasteiger partial charge is 0.369 e. The van der Waals surface area contributed by atoms with Crippen molar-refractivity contribution >= 4 is 11.8 Å². The lowest BCUT2D eigenvalue weighted by atomic mass is 10.1. The Kier molecular flexibility index (Phi) is 5.33. The molecule has 0 radical (unpaired) electrons. The van der Waals surface area contributed by atoms with E-state index >= 15 is 0 Å². The summed E-state index contributed by atoms with van der Waals surface area (Å²) in [5.74, 6) is -0.167. The Morgan fingerprint density at radius 1 is 1.29 bits per heavy atom. The number of nitrogens with zero attached hydrogens (tertiary/aromatic N) is 2. The molecule has 1 saturated heterocycles. The molecule has 5 heteroatoms. The summed E-state index contributed by atoms with van der Waals surface area (Å²) in [6, 6.07) is 9.20. The number of likely N-dealkylation sites (N-methyl/N-ethyl adjacent to an activating group) is 1. The predicted molar refractivity (Wildman–Crippen MR) is 79.5 cm³/mol. The average Bonchev–Trinajstić information content (AvgIpc) is 2.51. The molecule has 0 saturated carbocycles. The van der Waals surface area contributed by atoms with Gasteiger partial charge in [-0.2, -0.15) is 0 Å². The van der Waals surface area contributed by atoms with Crippen molar-refractivity contribution in [3.8, 4) is 0 Å². The Hall–Kier alpha value is -1.88. The van der Waals surface area contributed by atoms with E-state index in [9.17, 15) is 9.59 Å². The minimum Gasteiger partial charge on any atom is -0.369 e. The first kappa shape index (κ1) is 15.5. The van der Waals surface area contributed by atoms with Gasteiger partial charge in [0.25, 0.3) is 0 Å². The van der Waals surface area contributed by atoms with Crippen molar-refractivity contribution in [1.29, 1.82) is 0 Å². The highest BCUT2D eigenvalue weighted by Crippen LogP contribution is 2.15. The molecule has 1 fully saturated rings.